The molecule has 1 aromatic rings. The second kappa shape index (κ2) is 5.09. The van der Waals surface area contributed by atoms with Crippen molar-refractivity contribution in [2.75, 3.05) is 25.5 Å². The number of hydrogen-bond acceptors (Lipinski definition) is 5. The lowest BCUT2D eigenvalue weighted by Gasteiger charge is -2.15. The fourth-order valence-electron chi connectivity index (χ4n) is 1.60. The maximum atomic E-state index is 10.6. The van der Waals surface area contributed by atoms with Crippen LogP contribution in [0, 0.1) is 0 Å². The summed E-state index contributed by atoms with van der Waals surface area (Å²) in [6.45, 7) is 1.74. The lowest BCUT2D eigenvalue weighted by Crippen LogP contribution is -2.27. The van der Waals surface area contributed by atoms with Gasteiger partial charge in [0.15, 0.2) is 5.69 Å². The summed E-state index contributed by atoms with van der Waals surface area (Å²) in [5, 5.41) is 19.2. The molecule has 0 atom stereocenters. The minimum atomic E-state index is -1.06. The Morgan fingerprint density at radius 2 is 2.29 bits per heavy atom. The van der Waals surface area contributed by atoms with Crippen LogP contribution in [0.3, 0.4) is 0 Å². The molecule has 92 valence electrons. The van der Waals surface area contributed by atoms with E-state index in [0.29, 0.717) is 5.82 Å². The van der Waals surface area contributed by atoms with Crippen molar-refractivity contribution in [1.82, 2.24) is 15.1 Å². The maximum absolute atomic E-state index is 10.6. The Kier molecular flexibility index (Phi) is 3.53. The van der Waals surface area contributed by atoms with Crippen molar-refractivity contribution >= 4 is 11.8 Å². The molecule has 1 heterocycles. The summed E-state index contributed by atoms with van der Waals surface area (Å²) in [6.07, 6.45) is 2.59. The van der Waals surface area contributed by atoms with Gasteiger partial charge in [-0.05, 0) is 32.0 Å². The zero-order valence-corrected chi connectivity index (χ0v) is 9.76. The first-order valence-corrected chi connectivity index (χ1v) is 5.68. The summed E-state index contributed by atoms with van der Waals surface area (Å²) >= 11 is 0. The number of likely N-dealkylation sites (N-methyl/N-ethyl adjacent to an activating group) is 1. The Hall–Kier alpha value is -1.69. The Balaban J connectivity index is 1.76. The molecule has 0 radical (unpaired) electrons. The molecule has 0 bridgehead atoms. The third-order valence-electron chi connectivity index (χ3n) is 2.82. The SMILES string of the molecule is CN(CCNc1ccc(C(=O)O)nn1)C1CC1. The molecule has 6 nitrogen and oxygen atoms in total. The summed E-state index contributed by atoms with van der Waals surface area (Å²) in [7, 11) is 2.11. The van der Waals surface area contributed by atoms with Gasteiger partial charge in [-0.25, -0.2) is 4.79 Å². The normalized spacial score (nSPS) is 14.9. The fraction of sp³-hybridized carbons (Fsp3) is 0.545. The average Bonchev–Trinajstić information content (AvgIpc) is 3.13. The van der Waals surface area contributed by atoms with E-state index in [-0.39, 0.29) is 5.69 Å². The topological polar surface area (TPSA) is 78.4 Å². The highest BCUT2D eigenvalue weighted by atomic mass is 16.4. The van der Waals surface area contributed by atoms with E-state index in [0.717, 1.165) is 19.1 Å². The minimum absolute atomic E-state index is 0.0364. The number of carboxylic acid groups (broad SMARTS) is 1. The molecule has 1 aliphatic carbocycles. The van der Waals surface area contributed by atoms with Crippen LogP contribution in [-0.2, 0) is 0 Å². The molecule has 0 spiro atoms. The molecule has 0 saturated heterocycles. The van der Waals surface area contributed by atoms with Crippen molar-refractivity contribution in [2.24, 2.45) is 0 Å². The van der Waals surface area contributed by atoms with Crippen LogP contribution in [-0.4, -0.2) is 52.4 Å². The van der Waals surface area contributed by atoms with Gasteiger partial charge >= 0.3 is 5.97 Å². The molecule has 0 amide bonds. The van der Waals surface area contributed by atoms with Gasteiger partial charge in [-0.3, -0.25) is 0 Å². The predicted octanol–water partition coefficient (Wildman–Crippen LogP) is 0.681. The molecule has 1 aliphatic rings. The van der Waals surface area contributed by atoms with Crippen LogP contribution in [0.5, 0.6) is 0 Å². The van der Waals surface area contributed by atoms with Gasteiger partial charge in [0.25, 0.3) is 0 Å². The third-order valence-corrected chi connectivity index (χ3v) is 2.82. The first kappa shape index (κ1) is 11.8. The highest BCUT2D eigenvalue weighted by molar-refractivity contribution is 5.85. The second-order valence-corrected chi connectivity index (χ2v) is 4.25. The van der Waals surface area contributed by atoms with Gasteiger partial charge in [-0.2, -0.15) is 0 Å². The van der Waals surface area contributed by atoms with E-state index in [1.54, 1.807) is 6.07 Å². The zero-order valence-electron chi connectivity index (χ0n) is 9.76. The van der Waals surface area contributed by atoms with Crippen molar-refractivity contribution in [3.05, 3.63) is 17.8 Å². The third kappa shape index (κ3) is 3.39. The molecule has 1 fully saturated rings. The molecule has 6 heteroatoms. The highest BCUT2D eigenvalue weighted by Gasteiger charge is 2.25. The van der Waals surface area contributed by atoms with Crippen LogP contribution in [0.25, 0.3) is 0 Å². The summed E-state index contributed by atoms with van der Waals surface area (Å²) in [5.41, 5.74) is -0.0364. The second-order valence-electron chi connectivity index (χ2n) is 4.25. The maximum Gasteiger partial charge on any atom is 0.356 e. The molecular weight excluding hydrogens is 220 g/mol. The molecule has 0 aromatic carbocycles. The van der Waals surface area contributed by atoms with Crippen molar-refractivity contribution in [3.8, 4) is 0 Å². The van der Waals surface area contributed by atoms with Gasteiger partial charge in [-0.1, -0.05) is 0 Å². The first-order chi connectivity index (χ1) is 8.16. The zero-order chi connectivity index (χ0) is 12.3. The van der Waals surface area contributed by atoms with Crippen LogP contribution in [0.1, 0.15) is 23.3 Å². The van der Waals surface area contributed by atoms with Crippen molar-refractivity contribution in [3.63, 3.8) is 0 Å². The summed E-state index contributed by atoms with van der Waals surface area (Å²) < 4.78 is 0. The smallest absolute Gasteiger partial charge is 0.356 e. The Labute approximate surface area is 99.7 Å². The van der Waals surface area contributed by atoms with Gasteiger partial charge in [0.05, 0.1) is 0 Å². The molecule has 1 aromatic heterocycles. The number of carbonyl (C=O) groups is 1. The standard InChI is InChI=1S/C11H16N4O2/c1-15(8-2-3-8)7-6-12-10-5-4-9(11(16)17)13-14-10/h4-5,8H,2-3,6-7H2,1H3,(H,12,14)(H,16,17). The van der Waals surface area contributed by atoms with Crippen molar-refractivity contribution in [1.29, 1.82) is 0 Å². The van der Waals surface area contributed by atoms with Crippen LogP contribution < -0.4 is 5.32 Å². The number of rotatable bonds is 6. The highest BCUT2D eigenvalue weighted by Crippen LogP contribution is 2.24. The lowest BCUT2D eigenvalue weighted by molar-refractivity contribution is 0.0689. The summed E-state index contributed by atoms with van der Waals surface area (Å²) in [5.74, 6) is -0.447. The van der Waals surface area contributed by atoms with Gasteiger partial charge in [0.1, 0.15) is 5.82 Å². The van der Waals surface area contributed by atoms with Crippen molar-refractivity contribution in [2.45, 2.75) is 18.9 Å². The predicted molar refractivity (Wildman–Crippen MR) is 63.1 cm³/mol. The molecular formula is C11H16N4O2. The van der Waals surface area contributed by atoms with Crippen LogP contribution in [0.2, 0.25) is 0 Å². The first-order valence-electron chi connectivity index (χ1n) is 5.68. The van der Waals surface area contributed by atoms with E-state index in [2.05, 4.69) is 27.5 Å². The molecule has 0 unspecified atom stereocenters. The minimum Gasteiger partial charge on any atom is -0.476 e. The summed E-state index contributed by atoms with van der Waals surface area (Å²) in [4.78, 5) is 12.9. The quantitative estimate of drug-likeness (QED) is 0.756. The monoisotopic (exact) mass is 236 g/mol. The van der Waals surface area contributed by atoms with Crippen LogP contribution in [0.15, 0.2) is 12.1 Å². The van der Waals surface area contributed by atoms with E-state index in [4.69, 9.17) is 5.11 Å². The van der Waals surface area contributed by atoms with Gasteiger partial charge in [-0.15, -0.1) is 10.2 Å². The molecule has 0 aliphatic heterocycles. The summed E-state index contributed by atoms with van der Waals surface area (Å²) in [6, 6.07) is 3.83. The van der Waals surface area contributed by atoms with E-state index < -0.39 is 5.97 Å². The van der Waals surface area contributed by atoms with E-state index in [1.165, 1.54) is 18.9 Å². The molecule has 17 heavy (non-hydrogen) atoms. The van der Waals surface area contributed by atoms with E-state index in [1.807, 2.05) is 0 Å². The fourth-order valence-corrected chi connectivity index (χ4v) is 1.60. The number of nitrogens with zero attached hydrogens (tertiary/aromatic N) is 3. The van der Waals surface area contributed by atoms with Gasteiger partial charge in [0.2, 0.25) is 0 Å². The Morgan fingerprint density at radius 3 is 2.82 bits per heavy atom. The number of aromatic nitrogens is 2. The molecule has 2 rings (SSSR count). The number of anilines is 1. The van der Waals surface area contributed by atoms with Crippen molar-refractivity contribution < 1.29 is 9.90 Å². The largest absolute Gasteiger partial charge is 0.476 e. The average molecular weight is 236 g/mol. The van der Waals surface area contributed by atoms with Crippen LogP contribution >= 0.6 is 0 Å². The van der Waals surface area contributed by atoms with E-state index in [9.17, 15) is 4.79 Å². The number of aromatic carboxylic acids is 1. The number of carboxylic acids is 1. The van der Waals surface area contributed by atoms with E-state index >= 15 is 0 Å². The Morgan fingerprint density at radius 1 is 1.53 bits per heavy atom. The van der Waals surface area contributed by atoms with Gasteiger partial charge < -0.3 is 15.3 Å². The molecule has 1 saturated carbocycles. The molecule has 2 N–H and O–H groups in total. The van der Waals surface area contributed by atoms with Crippen LogP contribution in [0.4, 0.5) is 5.82 Å². The lowest BCUT2D eigenvalue weighted by atomic mass is 10.4. The number of hydrogen-bond donors (Lipinski definition) is 2. The van der Waals surface area contributed by atoms with Gasteiger partial charge in [0, 0.05) is 19.1 Å². The number of nitrogens with one attached hydrogen (secondary N) is 1. The Bertz CT molecular complexity index is 389.